The van der Waals surface area contributed by atoms with E-state index in [1.807, 2.05) is 24.3 Å². The minimum Gasteiger partial charge on any atom is -0.481 e. The topological polar surface area (TPSA) is 114 Å². The van der Waals surface area contributed by atoms with Gasteiger partial charge < -0.3 is 25.2 Å². The second kappa shape index (κ2) is 10.1. The van der Waals surface area contributed by atoms with Crippen LogP contribution in [0, 0.1) is 5.92 Å². The largest absolute Gasteiger partial charge is 0.481 e. The van der Waals surface area contributed by atoms with Crippen molar-refractivity contribution in [2.45, 2.75) is 56.2 Å². The molecular formula is C27H30N2O6. The Hall–Kier alpha value is -3.39. The molecule has 4 atom stereocenters. The fraction of sp³-hybridized carbons (Fsp3) is 0.444. The van der Waals surface area contributed by atoms with Gasteiger partial charge in [-0.25, -0.2) is 4.79 Å². The van der Waals surface area contributed by atoms with Gasteiger partial charge in [-0.3, -0.25) is 9.59 Å². The van der Waals surface area contributed by atoms with Crippen molar-refractivity contribution in [1.82, 2.24) is 10.6 Å². The summed E-state index contributed by atoms with van der Waals surface area (Å²) in [6.07, 6.45) is 1.57. The third-order valence-electron chi connectivity index (χ3n) is 7.42. The van der Waals surface area contributed by atoms with E-state index in [4.69, 9.17) is 14.6 Å². The molecule has 5 rings (SSSR count). The van der Waals surface area contributed by atoms with Crippen LogP contribution >= 0.6 is 0 Å². The zero-order chi connectivity index (χ0) is 24.4. The molecule has 0 unspecified atom stereocenters. The molecule has 184 valence electrons. The summed E-state index contributed by atoms with van der Waals surface area (Å²) in [6, 6.07) is 15.6. The molecule has 2 amide bonds. The number of aliphatic carboxylic acids is 1. The third kappa shape index (κ3) is 4.89. The molecule has 8 heteroatoms. The maximum atomic E-state index is 12.9. The van der Waals surface area contributed by atoms with Crippen molar-refractivity contribution in [1.29, 1.82) is 0 Å². The smallest absolute Gasteiger partial charge is 0.407 e. The maximum Gasteiger partial charge on any atom is 0.407 e. The van der Waals surface area contributed by atoms with Gasteiger partial charge in [0.05, 0.1) is 12.5 Å². The molecule has 1 heterocycles. The molecule has 0 radical (unpaired) electrons. The number of alkyl carbamates (subject to hydrolysis) is 1. The van der Waals surface area contributed by atoms with Gasteiger partial charge in [-0.2, -0.15) is 0 Å². The Labute approximate surface area is 204 Å². The first-order valence-electron chi connectivity index (χ1n) is 12.3. The van der Waals surface area contributed by atoms with E-state index >= 15 is 0 Å². The predicted octanol–water partition coefficient (Wildman–Crippen LogP) is 3.44. The summed E-state index contributed by atoms with van der Waals surface area (Å²) in [5.74, 6) is -1.29. The predicted molar refractivity (Wildman–Crippen MR) is 128 cm³/mol. The number of benzene rings is 2. The summed E-state index contributed by atoms with van der Waals surface area (Å²) in [5, 5.41) is 14.9. The van der Waals surface area contributed by atoms with Crippen LogP contribution in [0.5, 0.6) is 0 Å². The van der Waals surface area contributed by atoms with Gasteiger partial charge in [-0.1, -0.05) is 55.0 Å². The van der Waals surface area contributed by atoms with E-state index in [9.17, 15) is 14.4 Å². The van der Waals surface area contributed by atoms with E-state index in [2.05, 4.69) is 34.9 Å². The molecule has 0 spiro atoms. The summed E-state index contributed by atoms with van der Waals surface area (Å²) in [7, 11) is 0. The number of nitrogens with one attached hydrogen (secondary N) is 2. The number of ether oxygens (including phenoxy) is 2. The van der Waals surface area contributed by atoms with Crippen molar-refractivity contribution in [2.24, 2.45) is 5.92 Å². The molecule has 2 aromatic rings. The van der Waals surface area contributed by atoms with Gasteiger partial charge >= 0.3 is 12.1 Å². The van der Waals surface area contributed by atoms with Crippen LogP contribution < -0.4 is 10.6 Å². The Morgan fingerprint density at radius 2 is 1.60 bits per heavy atom. The number of carbonyl (C=O) groups excluding carboxylic acids is 2. The molecule has 3 aliphatic rings. The summed E-state index contributed by atoms with van der Waals surface area (Å²) in [6.45, 7) is 0.554. The van der Waals surface area contributed by atoms with Crippen molar-refractivity contribution in [3.63, 3.8) is 0 Å². The summed E-state index contributed by atoms with van der Waals surface area (Å²) in [4.78, 5) is 36.7. The normalized spacial score (nSPS) is 25.0. The van der Waals surface area contributed by atoms with Crippen molar-refractivity contribution in [3.8, 4) is 11.1 Å². The Balaban J connectivity index is 1.17. The van der Waals surface area contributed by atoms with Gasteiger partial charge in [-0.05, 0) is 47.4 Å². The zero-order valence-electron chi connectivity index (χ0n) is 19.4. The Morgan fingerprint density at radius 1 is 0.914 bits per heavy atom. The summed E-state index contributed by atoms with van der Waals surface area (Å²) in [5.41, 5.74) is 4.59. The minimum absolute atomic E-state index is 0.0396. The SMILES string of the molecule is O=C(O)C[C@@H]1CCC[C@H]1NC(=O)[C@H]1OCC[C@H]1NC(=O)OCC1c2ccccc2-c2ccccc21. The number of amides is 2. The van der Waals surface area contributed by atoms with Crippen LogP contribution in [-0.4, -0.2) is 54.5 Å². The first kappa shape index (κ1) is 23.4. The Morgan fingerprint density at radius 3 is 2.29 bits per heavy atom. The fourth-order valence-corrected chi connectivity index (χ4v) is 5.75. The third-order valence-corrected chi connectivity index (χ3v) is 7.42. The van der Waals surface area contributed by atoms with Gasteiger partial charge in [0.15, 0.2) is 6.10 Å². The van der Waals surface area contributed by atoms with Crippen LogP contribution in [0.25, 0.3) is 11.1 Å². The number of hydrogen-bond acceptors (Lipinski definition) is 5. The van der Waals surface area contributed by atoms with Gasteiger partial charge in [0.25, 0.3) is 5.91 Å². The lowest BCUT2D eigenvalue weighted by Gasteiger charge is -2.24. The highest BCUT2D eigenvalue weighted by atomic mass is 16.6. The molecular weight excluding hydrogens is 448 g/mol. The quantitative estimate of drug-likeness (QED) is 0.562. The molecule has 8 nitrogen and oxygen atoms in total. The van der Waals surface area contributed by atoms with Crippen LogP contribution in [0.15, 0.2) is 48.5 Å². The first-order valence-corrected chi connectivity index (χ1v) is 12.3. The second-order valence-electron chi connectivity index (χ2n) is 9.56. The van der Waals surface area contributed by atoms with Crippen molar-refractivity contribution in [3.05, 3.63) is 59.7 Å². The highest BCUT2D eigenvalue weighted by molar-refractivity contribution is 5.83. The van der Waals surface area contributed by atoms with Gasteiger partial charge in [0.2, 0.25) is 0 Å². The van der Waals surface area contributed by atoms with E-state index < -0.39 is 24.2 Å². The van der Waals surface area contributed by atoms with Crippen LogP contribution in [-0.2, 0) is 19.1 Å². The second-order valence-corrected chi connectivity index (χ2v) is 9.56. The lowest BCUT2D eigenvalue weighted by Crippen LogP contribution is -2.51. The van der Waals surface area contributed by atoms with Crippen LogP contribution in [0.3, 0.4) is 0 Å². The number of hydrogen-bond donors (Lipinski definition) is 3. The number of rotatable bonds is 7. The molecule has 35 heavy (non-hydrogen) atoms. The van der Waals surface area contributed by atoms with E-state index in [1.165, 1.54) is 0 Å². The maximum absolute atomic E-state index is 12.9. The Kier molecular flexibility index (Phi) is 6.72. The van der Waals surface area contributed by atoms with Crippen molar-refractivity contribution < 1.29 is 29.0 Å². The average molecular weight is 479 g/mol. The van der Waals surface area contributed by atoms with Crippen LogP contribution in [0.4, 0.5) is 4.79 Å². The number of fused-ring (bicyclic) bond motifs is 3. The molecule has 2 aliphatic carbocycles. The molecule has 1 saturated heterocycles. The van der Waals surface area contributed by atoms with E-state index in [1.54, 1.807) is 0 Å². The average Bonchev–Trinajstić information content (AvgIpc) is 3.56. The standard InChI is InChI=1S/C27H30N2O6/c30-24(31)14-16-6-5-11-22(16)28-26(32)25-23(12-13-34-25)29-27(33)35-15-21-19-9-3-1-7-17(19)18-8-2-4-10-20(18)21/h1-4,7-10,16,21-23,25H,5-6,11-15H2,(H,28,32)(H,29,33)(H,30,31)/t16-,22+,23+,25-/m0/s1. The van der Waals surface area contributed by atoms with Crippen molar-refractivity contribution in [2.75, 3.05) is 13.2 Å². The Bertz CT molecular complexity index is 1070. The molecule has 3 N–H and O–H groups in total. The van der Waals surface area contributed by atoms with Gasteiger partial charge in [0.1, 0.15) is 6.61 Å². The van der Waals surface area contributed by atoms with Crippen LogP contribution in [0.2, 0.25) is 0 Å². The summed E-state index contributed by atoms with van der Waals surface area (Å²) >= 11 is 0. The van der Waals surface area contributed by atoms with Crippen LogP contribution in [0.1, 0.15) is 49.1 Å². The highest BCUT2D eigenvalue weighted by Gasteiger charge is 2.39. The first-order chi connectivity index (χ1) is 17.0. The number of carboxylic acid groups (broad SMARTS) is 1. The monoisotopic (exact) mass is 478 g/mol. The molecule has 1 aliphatic heterocycles. The molecule has 2 fully saturated rings. The van der Waals surface area contributed by atoms with Gasteiger partial charge in [-0.15, -0.1) is 0 Å². The van der Waals surface area contributed by atoms with E-state index in [-0.39, 0.29) is 36.8 Å². The lowest BCUT2D eigenvalue weighted by atomic mass is 9.98. The number of carboxylic acids is 1. The molecule has 2 aromatic carbocycles. The van der Waals surface area contributed by atoms with Gasteiger partial charge in [0, 0.05) is 18.6 Å². The molecule has 1 saturated carbocycles. The van der Waals surface area contributed by atoms with E-state index in [0.29, 0.717) is 13.0 Å². The van der Waals surface area contributed by atoms with E-state index in [0.717, 1.165) is 41.5 Å². The fourth-order valence-electron chi connectivity index (χ4n) is 5.75. The zero-order valence-corrected chi connectivity index (χ0v) is 19.4. The van der Waals surface area contributed by atoms with Crippen molar-refractivity contribution >= 4 is 18.0 Å². The summed E-state index contributed by atoms with van der Waals surface area (Å²) < 4.78 is 11.2. The molecule has 0 aromatic heterocycles. The number of carbonyl (C=O) groups is 3. The lowest BCUT2D eigenvalue weighted by molar-refractivity contribution is -0.139. The minimum atomic E-state index is -0.858. The highest BCUT2D eigenvalue weighted by Crippen LogP contribution is 2.44. The molecule has 0 bridgehead atoms.